The van der Waals surface area contributed by atoms with Gasteiger partial charge in [0, 0.05) is 18.7 Å². The zero-order chi connectivity index (χ0) is 15.3. The van der Waals surface area contributed by atoms with Gasteiger partial charge in [0.15, 0.2) is 0 Å². The van der Waals surface area contributed by atoms with Gasteiger partial charge in [0.25, 0.3) is 0 Å². The largest absolute Gasteiger partial charge is 0.497 e. The molecule has 0 saturated heterocycles. The van der Waals surface area contributed by atoms with E-state index in [1.165, 1.54) is 0 Å². The van der Waals surface area contributed by atoms with E-state index in [0.29, 0.717) is 30.2 Å². The van der Waals surface area contributed by atoms with Gasteiger partial charge in [-0.1, -0.05) is 12.8 Å². The van der Waals surface area contributed by atoms with Crippen LogP contribution in [-0.4, -0.2) is 43.1 Å². The molecule has 1 aliphatic rings. The maximum atomic E-state index is 10.3. The Morgan fingerprint density at radius 1 is 1.24 bits per heavy atom. The number of ether oxygens (including phenoxy) is 2. The molecule has 1 atom stereocenters. The van der Waals surface area contributed by atoms with Crippen LogP contribution in [0.4, 0.5) is 0 Å². The third-order valence-corrected chi connectivity index (χ3v) is 4.12. The summed E-state index contributed by atoms with van der Waals surface area (Å²) in [5.41, 5.74) is 0.0702. The number of hydrogen-bond donors (Lipinski definition) is 3. The second-order valence-corrected chi connectivity index (χ2v) is 5.69. The van der Waals surface area contributed by atoms with Crippen molar-refractivity contribution < 1.29 is 19.7 Å². The van der Waals surface area contributed by atoms with E-state index in [1.807, 2.05) is 0 Å². The topological polar surface area (TPSA) is 71.0 Å². The van der Waals surface area contributed by atoms with E-state index in [0.717, 1.165) is 25.7 Å². The summed E-state index contributed by atoms with van der Waals surface area (Å²) < 4.78 is 10.5. The minimum absolute atomic E-state index is 0.367. The predicted molar refractivity (Wildman–Crippen MR) is 80.8 cm³/mol. The molecule has 1 unspecified atom stereocenters. The summed E-state index contributed by atoms with van der Waals surface area (Å²) in [7, 11) is 3.17. The van der Waals surface area contributed by atoms with Crippen molar-refractivity contribution in [2.75, 3.05) is 27.3 Å². The molecule has 0 spiro atoms. The summed E-state index contributed by atoms with van der Waals surface area (Å²) in [5.74, 6) is 1.31. The molecule has 0 radical (unpaired) electrons. The van der Waals surface area contributed by atoms with Crippen molar-refractivity contribution in [3.8, 4) is 11.5 Å². The number of hydrogen-bond acceptors (Lipinski definition) is 5. The predicted octanol–water partition coefficient (Wildman–Crippen LogP) is 1.63. The lowest BCUT2D eigenvalue weighted by Gasteiger charge is -2.24. The normalized spacial score (nSPS) is 18.5. The number of rotatable bonds is 7. The Hall–Kier alpha value is -1.30. The van der Waals surface area contributed by atoms with Crippen LogP contribution in [0.25, 0.3) is 0 Å². The molecule has 1 aromatic rings. The van der Waals surface area contributed by atoms with Gasteiger partial charge < -0.3 is 25.0 Å². The van der Waals surface area contributed by atoms with Crippen LogP contribution in [0.2, 0.25) is 0 Å². The summed E-state index contributed by atoms with van der Waals surface area (Å²) >= 11 is 0. The monoisotopic (exact) mass is 295 g/mol. The number of methoxy groups -OCH3 is 2. The molecule has 0 aliphatic heterocycles. The highest BCUT2D eigenvalue weighted by Gasteiger charge is 2.30. The minimum atomic E-state index is -0.708. The fourth-order valence-electron chi connectivity index (χ4n) is 2.86. The molecule has 118 valence electrons. The van der Waals surface area contributed by atoms with Crippen LogP contribution in [0.5, 0.6) is 11.5 Å². The lowest BCUT2D eigenvalue weighted by atomic mass is 10.0. The number of nitrogens with one attached hydrogen (secondary N) is 1. The van der Waals surface area contributed by atoms with Gasteiger partial charge in [-0.15, -0.1) is 0 Å². The zero-order valence-electron chi connectivity index (χ0n) is 12.8. The van der Waals surface area contributed by atoms with Gasteiger partial charge in [-0.2, -0.15) is 0 Å². The van der Waals surface area contributed by atoms with Crippen molar-refractivity contribution in [2.24, 2.45) is 0 Å². The summed E-state index contributed by atoms with van der Waals surface area (Å²) in [4.78, 5) is 0. The Morgan fingerprint density at radius 3 is 2.57 bits per heavy atom. The van der Waals surface area contributed by atoms with Crippen molar-refractivity contribution >= 4 is 0 Å². The number of aliphatic hydroxyl groups is 2. The molecule has 1 aliphatic carbocycles. The first-order chi connectivity index (χ1) is 10.1. The molecule has 1 fully saturated rings. The van der Waals surface area contributed by atoms with Gasteiger partial charge >= 0.3 is 0 Å². The maximum absolute atomic E-state index is 10.3. The van der Waals surface area contributed by atoms with Crippen LogP contribution in [0, 0.1) is 0 Å². The lowest BCUT2D eigenvalue weighted by molar-refractivity contribution is 0.0437. The highest BCUT2D eigenvalue weighted by Crippen LogP contribution is 2.30. The Labute approximate surface area is 125 Å². The van der Waals surface area contributed by atoms with Gasteiger partial charge in [0.2, 0.25) is 0 Å². The van der Waals surface area contributed by atoms with Gasteiger partial charge in [-0.05, 0) is 31.0 Å². The van der Waals surface area contributed by atoms with Crippen LogP contribution < -0.4 is 14.8 Å². The highest BCUT2D eigenvalue weighted by atomic mass is 16.5. The quantitative estimate of drug-likeness (QED) is 0.713. The van der Waals surface area contributed by atoms with Crippen molar-refractivity contribution in [2.45, 2.75) is 37.4 Å². The van der Waals surface area contributed by atoms with Crippen LogP contribution in [0.3, 0.4) is 0 Å². The molecule has 21 heavy (non-hydrogen) atoms. The number of benzene rings is 1. The Kier molecular flexibility index (Phi) is 5.45. The first-order valence-corrected chi connectivity index (χ1v) is 7.41. The fraction of sp³-hybridized carbons (Fsp3) is 0.625. The average molecular weight is 295 g/mol. The molecular weight excluding hydrogens is 270 g/mol. The first-order valence-electron chi connectivity index (χ1n) is 7.41. The summed E-state index contributed by atoms with van der Waals surface area (Å²) in [6.07, 6.45) is 3.10. The molecule has 0 bridgehead atoms. The standard InChI is InChI=1S/C16H25NO4/c1-20-12-5-6-15(21-2)13(9-12)14(18)10-17-11-16(19)7-3-4-8-16/h5-6,9,14,17-19H,3-4,7-8,10-11H2,1-2H3. The van der Waals surface area contributed by atoms with E-state index in [-0.39, 0.29) is 0 Å². The maximum Gasteiger partial charge on any atom is 0.124 e. The SMILES string of the molecule is COc1ccc(OC)c(C(O)CNCC2(O)CCCC2)c1. The van der Waals surface area contributed by atoms with Crippen LogP contribution in [-0.2, 0) is 0 Å². The Morgan fingerprint density at radius 2 is 1.95 bits per heavy atom. The molecular formula is C16H25NO4. The third kappa shape index (κ3) is 4.09. The molecule has 5 heteroatoms. The Balaban J connectivity index is 1.94. The van der Waals surface area contributed by atoms with Crippen LogP contribution >= 0.6 is 0 Å². The van der Waals surface area contributed by atoms with E-state index in [1.54, 1.807) is 32.4 Å². The van der Waals surface area contributed by atoms with Gasteiger partial charge in [-0.3, -0.25) is 0 Å². The van der Waals surface area contributed by atoms with Crippen LogP contribution in [0.1, 0.15) is 37.4 Å². The highest BCUT2D eigenvalue weighted by molar-refractivity contribution is 5.41. The zero-order valence-corrected chi connectivity index (χ0v) is 12.8. The summed E-state index contributed by atoms with van der Waals surface area (Å²) in [5, 5.41) is 23.8. The molecule has 0 aromatic heterocycles. The Bertz CT molecular complexity index is 458. The van der Waals surface area contributed by atoms with E-state index in [2.05, 4.69) is 5.32 Å². The van der Waals surface area contributed by atoms with Crippen molar-refractivity contribution in [1.82, 2.24) is 5.32 Å². The van der Waals surface area contributed by atoms with Crippen molar-refractivity contribution in [3.63, 3.8) is 0 Å². The third-order valence-electron chi connectivity index (χ3n) is 4.12. The van der Waals surface area contributed by atoms with Crippen molar-refractivity contribution in [3.05, 3.63) is 23.8 Å². The second kappa shape index (κ2) is 7.11. The summed E-state index contributed by atoms with van der Waals surface area (Å²) in [6.45, 7) is 0.877. The number of aliphatic hydroxyl groups excluding tert-OH is 1. The second-order valence-electron chi connectivity index (χ2n) is 5.69. The van der Waals surface area contributed by atoms with Gasteiger partial charge in [0.1, 0.15) is 11.5 Å². The smallest absolute Gasteiger partial charge is 0.124 e. The van der Waals surface area contributed by atoms with Gasteiger partial charge in [0.05, 0.1) is 25.9 Å². The molecule has 1 saturated carbocycles. The van der Waals surface area contributed by atoms with Gasteiger partial charge in [-0.25, -0.2) is 0 Å². The molecule has 5 nitrogen and oxygen atoms in total. The van der Waals surface area contributed by atoms with Crippen LogP contribution in [0.15, 0.2) is 18.2 Å². The molecule has 1 aromatic carbocycles. The summed E-state index contributed by atoms with van der Waals surface area (Å²) in [6, 6.07) is 5.35. The first kappa shape index (κ1) is 16.1. The van der Waals surface area contributed by atoms with E-state index < -0.39 is 11.7 Å². The molecule has 0 heterocycles. The molecule has 3 N–H and O–H groups in total. The molecule has 2 rings (SSSR count). The minimum Gasteiger partial charge on any atom is -0.497 e. The van der Waals surface area contributed by atoms with E-state index >= 15 is 0 Å². The average Bonchev–Trinajstić information content (AvgIpc) is 2.93. The lowest BCUT2D eigenvalue weighted by Crippen LogP contribution is -2.39. The fourth-order valence-corrected chi connectivity index (χ4v) is 2.86. The van der Waals surface area contributed by atoms with Crippen molar-refractivity contribution in [1.29, 1.82) is 0 Å². The molecule has 0 amide bonds. The van der Waals surface area contributed by atoms with E-state index in [4.69, 9.17) is 9.47 Å². The van der Waals surface area contributed by atoms with E-state index in [9.17, 15) is 10.2 Å².